The molecule has 2 unspecified atom stereocenters. The van der Waals surface area contributed by atoms with Crippen molar-refractivity contribution in [1.29, 1.82) is 5.26 Å². The molecule has 0 aromatic heterocycles. The lowest BCUT2D eigenvalue weighted by molar-refractivity contribution is 0.0928. The zero-order chi connectivity index (χ0) is 14.0. The van der Waals surface area contributed by atoms with E-state index in [9.17, 15) is 4.79 Å². The van der Waals surface area contributed by atoms with Gasteiger partial charge in [-0.25, -0.2) is 0 Å². The van der Waals surface area contributed by atoms with Crippen LogP contribution in [0.5, 0.6) is 11.5 Å². The summed E-state index contributed by atoms with van der Waals surface area (Å²) in [5.74, 6) is 0.896. The monoisotopic (exact) mass is 259 g/mol. The minimum atomic E-state index is -0.337. The smallest absolute Gasteiger partial charge is 0.170 e. The fraction of sp³-hybridized carbons (Fsp3) is 0.467. The first-order valence-electron chi connectivity index (χ1n) is 6.35. The zero-order valence-corrected chi connectivity index (χ0v) is 11.4. The largest absolute Gasteiger partial charge is 0.496 e. The summed E-state index contributed by atoms with van der Waals surface area (Å²) in [4.78, 5) is 12.3. The fourth-order valence-corrected chi connectivity index (χ4v) is 2.30. The second kappa shape index (κ2) is 5.31. The lowest BCUT2D eigenvalue weighted by atomic mass is 9.94. The summed E-state index contributed by atoms with van der Waals surface area (Å²) in [7, 11) is 1.55. The minimum absolute atomic E-state index is 0.0793. The van der Waals surface area contributed by atoms with Crippen molar-refractivity contribution in [3.05, 3.63) is 23.3 Å². The third-order valence-electron chi connectivity index (χ3n) is 3.33. The number of carbonyl (C=O) groups excluding carboxylic acids is 1. The van der Waals surface area contributed by atoms with Crippen LogP contribution in [-0.2, 0) is 6.42 Å². The number of nitriles is 1. The molecule has 19 heavy (non-hydrogen) atoms. The van der Waals surface area contributed by atoms with Gasteiger partial charge in [-0.3, -0.25) is 4.79 Å². The molecule has 0 radical (unpaired) electrons. The Morgan fingerprint density at radius 3 is 3.00 bits per heavy atom. The molecule has 0 amide bonds. The maximum Gasteiger partial charge on any atom is 0.170 e. The van der Waals surface area contributed by atoms with Gasteiger partial charge in [0.25, 0.3) is 0 Å². The molecule has 0 fully saturated rings. The van der Waals surface area contributed by atoms with Gasteiger partial charge in [-0.1, -0.05) is 6.92 Å². The van der Waals surface area contributed by atoms with Crippen molar-refractivity contribution in [2.75, 3.05) is 7.11 Å². The van der Waals surface area contributed by atoms with Gasteiger partial charge >= 0.3 is 0 Å². The van der Waals surface area contributed by atoms with E-state index in [1.54, 1.807) is 20.1 Å². The maximum absolute atomic E-state index is 12.3. The van der Waals surface area contributed by atoms with Crippen molar-refractivity contribution < 1.29 is 14.3 Å². The van der Waals surface area contributed by atoms with Gasteiger partial charge in [-0.05, 0) is 19.1 Å². The van der Waals surface area contributed by atoms with Crippen LogP contribution in [-0.4, -0.2) is 19.0 Å². The maximum atomic E-state index is 12.3. The molecule has 1 aromatic carbocycles. The van der Waals surface area contributed by atoms with Crippen molar-refractivity contribution in [2.45, 2.75) is 32.8 Å². The predicted molar refractivity (Wildman–Crippen MR) is 70.5 cm³/mol. The molecule has 4 nitrogen and oxygen atoms in total. The molecule has 1 aromatic rings. The molecule has 1 heterocycles. The molecule has 4 heteroatoms. The van der Waals surface area contributed by atoms with Crippen molar-refractivity contribution in [3.8, 4) is 17.6 Å². The van der Waals surface area contributed by atoms with E-state index in [1.807, 2.05) is 19.1 Å². The number of methoxy groups -OCH3 is 1. The van der Waals surface area contributed by atoms with E-state index >= 15 is 0 Å². The van der Waals surface area contributed by atoms with Crippen molar-refractivity contribution in [1.82, 2.24) is 0 Å². The first-order valence-corrected chi connectivity index (χ1v) is 6.35. The van der Waals surface area contributed by atoms with E-state index < -0.39 is 0 Å². The second-order valence-electron chi connectivity index (χ2n) is 4.92. The molecule has 2 atom stereocenters. The fourth-order valence-electron chi connectivity index (χ4n) is 2.30. The quantitative estimate of drug-likeness (QED) is 0.780. The summed E-state index contributed by atoms with van der Waals surface area (Å²) in [6, 6.07) is 5.63. The summed E-state index contributed by atoms with van der Waals surface area (Å²) in [6.45, 7) is 3.74. The molecule has 0 saturated heterocycles. The number of ketones is 1. The summed E-state index contributed by atoms with van der Waals surface area (Å²) >= 11 is 0. The molecule has 100 valence electrons. The van der Waals surface area contributed by atoms with E-state index in [0.29, 0.717) is 11.3 Å². The summed E-state index contributed by atoms with van der Waals surface area (Å²) in [5.41, 5.74) is 1.56. The van der Waals surface area contributed by atoms with Gasteiger partial charge < -0.3 is 9.47 Å². The number of ether oxygens (including phenoxy) is 2. The number of Topliss-reactive ketones (excluding diaryl/α,β-unsaturated/α-hetero) is 1. The number of hydrogen-bond acceptors (Lipinski definition) is 4. The Labute approximate surface area is 112 Å². The average molecular weight is 259 g/mol. The molecule has 0 spiro atoms. The third-order valence-corrected chi connectivity index (χ3v) is 3.33. The SMILES string of the molecule is COc1cc2c(cc1C(=O)C(C)CC#N)OC(C)C2. The molecule has 0 aliphatic carbocycles. The molecular formula is C15H17NO3. The van der Waals surface area contributed by atoms with Crippen molar-refractivity contribution in [3.63, 3.8) is 0 Å². The Morgan fingerprint density at radius 1 is 1.63 bits per heavy atom. The summed E-state index contributed by atoms with van der Waals surface area (Å²) in [6.07, 6.45) is 1.16. The molecule has 0 saturated carbocycles. The minimum Gasteiger partial charge on any atom is -0.496 e. The van der Waals surface area contributed by atoms with E-state index in [2.05, 4.69) is 0 Å². The summed E-state index contributed by atoms with van der Waals surface area (Å²) in [5, 5.41) is 8.69. The number of hydrogen-bond donors (Lipinski definition) is 0. The van der Waals surface area contributed by atoms with Crippen LogP contribution in [0.3, 0.4) is 0 Å². The first kappa shape index (κ1) is 13.4. The van der Waals surface area contributed by atoms with Gasteiger partial charge in [-0.2, -0.15) is 5.26 Å². The van der Waals surface area contributed by atoms with Crippen LogP contribution in [0.4, 0.5) is 0 Å². The Bertz CT molecular complexity index is 545. The molecular weight excluding hydrogens is 242 g/mol. The number of fused-ring (bicyclic) bond motifs is 1. The van der Waals surface area contributed by atoms with Crippen LogP contribution in [0, 0.1) is 17.2 Å². The third kappa shape index (κ3) is 2.55. The van der Waals surface area contributed by atoms with E-state index in [0.717, 1.165) is 17.7 Å². The van der Waals surface area contributed by atoms with Crippen LogP contribution in [0.2, 0.25) is 0 Å². The number of carbonyl (C=O) groups is 1. The van der Waals surface area contributed by atoms with Gasteiger partial charge in [0, 0.05) is 24.3 Å². The van der Waals surface area contributed by atoms with Crippen LogP contribution in [0.15, 0.2) is 12.1 Å². The Morgan fingerprint density at radius 2 is 2.37 bits per heavy atom. The normalized spacial score (nSPS) is 18.1. The zero-order valence-electron chi connectivity index (χ0n) is 11.4. The van der Waals surface area contributed by atoms with Gasteiger partial charge in [0.05, 0.1) is 18.7 Å². The molecule has 1 aliphatic rings. The van der Waals surface area contributed by atoms with E-state index in [1.165, 1.54) is 0 Å². The lowest BCUT2D eigenvalue weighted by Gasteiger charge is -2.12. The summed E-state index contributed by atoms with van der Waals surface area (Å²) < 4.78 is 11.0. The lowest BCUT2D eigenvalue weighted by Crippen LogP contribution is -2.12. The van der Waals surface area contributed by atoms with Gasteiger partial charge in [-0.15, -0.1) is 0 Å². The highest BCUT2D eigenvalue weighted by molar-refractivity contribution is 6.00. The number of benzene rings is 1. The Hall–Kier alpha value is -2.02. The van der Waals surface area contributed by atoms with Crippen LogP contribution in [0.25, 0.3) is 0 Å². The van der Waals surface area contributed by atoms with Gasteiger partial charge in [0.15, 0.2) is 5.78 Å². The van der Waals surface area contributed by atoms with Gasteiger partial charge in [0.1, 0.15) is 17.6 Å². The standard InChI is InChI=1S/C15H17NO3/c1-9(4-5-16)15(17)12-8-13-11(6-10(2)19-13)7-14(12)18-3/h7-10H,4,6H2,1-3H3. The van der Waals surface area contributed by atoms with E-state index in [4.69, 9.17) is 14.7 Å². The Balaban J connectivity index is 2.38. The highest BCUT2D eigenvalue weighted by atomic mass is 16.5. The Kier molecular flexibility index (Phi) is 3.75. The van der Waals surface area contributed by atoms with Crippen LogP contribution >= 0.6 is 0 Å². The average Bonchev–Trinajstić information content (AvgIpc) is 2.75. The molecule has 0 bridgehead atoms. The topological polar surface area (TPSA) is 59.3 Å². The molecule has 0 N–H and O–H groups in total. The highest BCUT2D eigenvalue weighted by Crippen LogP contribution is 2.36. The number of nitrogens with zero attached hydrogens (tertiary/aromatic N) is 1. The first-order chi connectivity index (χ1) is 9.06. The molecule has 2 rings (SSSR count). The highest BCUT2D eigenvalue weighted by Gasteiger charge is 2.26. The molecule has 1 aliphatic heterocycles. The van der Waals surface area contributed by atoms with Crippen LogP contribution in [0.1, 0.15) is 36.2 Å². The second-order valence-corrected chi connectivity index (χ2v) is 4.92. The van der Waals surface area contributed by atoms with E-state index in [-0.39, 0.29) is 24.2 Å². The van der Waals surface area contributed by atoms with Crippen molar-refractivity contribution in [2.24, 2.45) is 5.92 Å². The van der Waals surface area contributed by atoms with Gasteiger partial charge in [0.2, 0.25) is 0 Å². The predicted octanol–water partition coefficient (Wildman–Crippen LogP) is 2.75. The van der Waals surface area contributed by atoms with Crippen LogP contribution < -0.4 is 9.47 Å². The number of rotatable bonds is 4. The van der Waals surface area contributed by atoms with Crippen molar-refractivity contribution >= 4 is 5.78 Å².